The monoisotopic (exact) mass is 216 g/mol. The van der Waals surface area contributed by atoms with Crippen LogP contribution in [0.1, 0.15) is 37.3 Å². The Hall–Kier alpha value is -1.37. The lowest BCUT2D eigenvalue weighted by Gasteiger charge is -2.04. The van der Waals surface area contributed by atoms with E-state index in [1.165, 1.54) is 11.1 Å². The Balaban J connectivity index is 2.37. The molecule has 1 rings (SSSR count). The predicted molar refractivity (Wildman–Crippen MR) is 68.6 cm³/mol. The molecule has 0 bridgehead atoms. The molecule has 0 amide bonds. The molecule has 0 saturated heterocycles. The van der Waals surface area contributed by atoms with E-state index < -0.39 is 0 Å². The van der Waals surface area contributed by atoms with Gasteiger partial charge in [0.05, 0.1) is 0 Å². The number of aryl methyl sites for hydroxylation is 2. The minimum Gasteiger partial charge on any atom is -0.300 e. The number of rotatable bonds is 6. The van der Waals surface area contributed by atoms with Crippen molar-refractivity contribution in [2.24, 2.45) is 0 Å². The molecule has 86 valence electrons. The van der Waals surface area contributed by atoms with Gasteiger partial charge in [0.15, 0.2) is 0 Å². The van der Waals surface area contributed by atoms with Crippen molar-refractivity contribution in [3.8, 4) is 0 Å². The molecule has 0 heterocycles. The lowest BCUT2D eigenvalue weighted by Crippen LogP contribution is -2.01. The molecule has 16 heavy (non-hydrogen) atoms. The summed E-state index contributed by atoms with van der Waals surface area (Å²) in [6.07, 6.45) is 2.98. The average Bonchev–Trinajstić information content (AvgIpc) is 2.25. The van der Waals surface area contributed by atoms with Crippen molar-refractivity contribution in [3.63, 3.8) is 0 Å². The first-order valence-corrected chi connectivity index (χ1v) is 5.80. The Labute approximate surface area is 98.2 Å². The highest BCUT2D eigenvalue weighted by molar-refractivity contribution is 5.78. The topological polar surface area (TPSA) is 17.1 Å². The Morgan fingerprint density at radius 2 is 1.88 bits per heavy atom. The van der Waals surface area contributed by atoms with E-state index in [-0.39, 0.29) is 0 Å². The maximum absolute atomic E-state index is 11.6. The van der Waals surface area contributed by atoms with Crippen molar-refractivity contribution in [1.29, 1.82) is 0 Å². The van der Waals surface area contributed by atoms with Crippen LogP contribution in [0.5, 0.6) is 0 Å². The molecule has 0 fully saturated rings. The molecule has 0 aliphatic heterocycles. The molecule has 1 aromatic rings. The highest BCUT2D eigenvalue weighted by Crippen LogP contribution is 2.11. The molecular formula is C15H20O. The summed E-state index contributed by atoms with van der Waals surface area (Å²) in [6, 6.07) is 8.25. The summed E-state index contributed by atoms with van der Waals surface area (Å²) >= 11 is 0. The maximum Gasteiger partial charge on any atom is 0.133 e. The Bertz CT molecular complexity index is 377. The molecule has 0 aliphatic carbocycles. The largest absolute Gasteiger partial charge is 0.300 e. The first-order valence-electron chi connectivity index (χ1n) is 5.80. The van der Waals surface area contributed by atoms with Crippen molar-refractivity contribution in [3.05, 3.63) is 47.5 Å². The number of benzene rings is 1. The van der Waals surface area contributed by atoms with Crippen molar-refractivity contribution in [2.75, 3.05) is 0 Å². The van der Waals surface area contributed by atoms with Crippen molar-refractivity contribution in [1.82, 2.24) is 0 Å². The van der Waals surface area contributed by atoms with E-state index in [1.54, 1.807) is 0 Å². The van der Waals surface area contributed by atoms with Gasteiger partial charge in [-0.15, -0.1) is 6.58 Å². The third kappa shape index (κ3) is 4.43. The SMILES string of the molecule is C=C(C)CCC(=O)CCc1ccccc1C. The second-order valence-electron chi connectivity index (χ2n) is 4.42. The van der Waals surface area contributed by atoms with Crippen LogP contribution in [0.3, 0.4) is 0 Å². The van der Waals surface area contributed by atoms with Gasteiger partial charge in [0.2, 0.25) is 0 Å². The van der Waals surface area contributed by atoms with Crippen LogP contribution in [0, 0.1) is 6.92 Å². The van der Waals surface area contributed by atoms with Gasteiger partial charge in [-0.1, -0.05) is 29.8 Å². The molecule has 0 aromatic heterocycles. The van der Waals surface area contributed by atoms with Crippen LogP contribution in [0.15, 0.2) is 36.4 Å². The standard InChI is InChI=1S/C15H20O/c1-12(2)8-10-15(16)11-9-14-7-5-4-6-13(14)3/h4-7H,1,8-11H2,2-3H3. The van der Waals surface area contributed by atoms with E-state index >= 15 is 0 Å². The highest BCUT2D eigenvalue weighted by atomic mass is 16.1. The molecule has 0 atom stereocenters. The first-order chi connectivity index (χ1) is 7.59. The molecule has 0 unspecified atom stereocenters. The summed E-state index contributed by atoms with van der Waals surface area (Å²) in [5.41, 5.74) is 3.64. The Kier molecular flexibility index (Phi) is 4.97. The zero-order chi connectivity index (χ0) is 12.0. The van der Waals surface area contributed by atoms with Gasteiger partial charge in [-0.3, -0.25) is 4.79 Å². The van der Waals surface area contributed by atoms with Crippen LogP contribution in [0.2, 0.25) is 0 Å². The van der Waals surface area contributed by atoms with Crippen LogP contribution in [-0.4, -0.2) is 5.78 Å². The van der Waals surface area contributed by atoms with E-state index in [0.29, 0.717) is 18.6 Å². The summed E-state index contributed by atoms with van der Waals surface area (Å²) in [7, 11) is 0. The second-order valence-corrected chi connectivity index (χ2v) is 4.42. The van der Waals surface area contributed by atoms with Crippen LogP contribution in [0.4, 0.5) is 0 Å². The van der Waals surface area contributed by atoms with Crippen molar-refractivity contribution >= 4 is 5.78 Å². The summed E-state index contributed by atoms with van der Waals surface area (Å²) < 4.78 is 0. The van der Waals surface area contributed by atoms with Crippen molar-refractivity contribution in [2.45, 2.75) is 39.5 Å². The highest BCUT2D eigenvalue weighted by Gasteiger charge is 2.04. The number of Topliss-reactive ketones (excluding diaryl/α,β-unsaturated/α-hetero) is 1. The lowest BCUT2D eigenvalue weighted by atomic mass is 10.0. The third-order valence-corrected chi connectivity index (χ3v) is 2.77. The fraction of sp³-hybridized carbons (Fsp3) is 0.400. The minimum atomic E-state index is 0.339. The molecule has 1 heteroatoms. The van der Waals surface area contributed by atoms with E-state index in [9.17, 15) is 4.79 Å². The number of hydrogen-bond donors (Lipinski definition) is 0. The van der Waals surface area contributed by atoms with E-state index in [2.05, 4.69) is 25.6 Å². The van der Waals surface area contributed by atoms with Crippen molar-refractivity contribution < 1.29 is 4.79 Å². The van der Waals surface area contributed by atoms with Gasteiger partial charge in [-0.2, -0.15) is 0 Å². The van der Waals surface area contributed by atoms with Gasteiger partial charge in [0, 0.05) is 12.8 Å². The molecule has 1 aromatic carbocycles. The zero-order valence-electron chi connectivity index (χ0n) is 10.3. The molecule has 0 radical (unpaired) electrons. The second kappa shape index (κ2) is 6.26. The maximum atomic E-state index is 11.6. The normalized spacial score (nSPS) is 10.1. The van der Waals surface area contributed by atoms with E-state index in [1.807, 2.05) is 19.1 Å². The summed E-state index contributed by atoms with van der Waals surface area (Å²) in [5, 5.41) is 0. The number of carbonyl (C=O) groups is 1. The molecule has 1 nitrogen and oxygen atoms in total. The van der Waals surface area contributed by atoms with E-state index in [4.69, 9.17) is 0 Å². The number of ketones is 1. The van der Waals surface area contributed by atoms with Crippen LogP contribution < -0.4 is 0 Å². The van der Waals surface area contributed by atoms with Gasteiger partial charge in [0.1, 0.15) is 5.78 Å². The van der Waals surface area contributed by atoms with Gasteiger partial charge < -0.3 is 0 Å². The number of allylic oxidation sites excluding steroid dienone is 1. The van der Waals surface area contributed by atoms with Gasteiger partial charge >= 0.3 is 0 Å². The Morgan fingerprint density at radius 3 is 2.50 bits per heavy atom. The zero-order valence-corrected chi connectivity index (χ0v) is 10.3. The third-order valence-electron chi connectivity index (χ3n) is 2.77. The summed E-state index contributed by atoms with van der Waals surface area (Å²) in [5.74, 6) is 0.339. The van der Waals surface area contributed by atoms with E-state index in [0.717, 1.165) is 18.4 Å². The van der Waals surface area contributed by atoms with Crippen LogP contribution >= 0.6 is 0 Å². The molecule has 0 N–H and O–H groups in total. The minimum absolute atomic E-state index is 0.339. The van der Waals surface area contributed by atoms with Crippen LogP contribution in [-0.2, 0) is 11.2 Å². The molecule has 0 aliphatic rings. The fourth-order valence-electron chi connectivity index (χ4n) is 1.64. The smallest absolute Gasteiger partial charge is 0.133 e. The van der Waals surface area contributed by atoms with Crippen LogP contribution in [0.25, 0.3) is 0 Å². The van der Waals surface area contributed by atoms with Gasteiger partial charge in [0.25, 0.3) is 0 Å². The quantitative estimate of drug-likeness (QED) is 0.660. The molecule has 0 saturated carbocycles. The molecular weight excluding hydrogens is 196 g/mol. The van der Waals surface area contributed by atoms with Gasteiger partial charge in [-0.05, 0) is 37.8 Å². The number of hydrogen-bond acceptors (Lipinski definition) is 1. The average molecular weight is 216 g/mol. The fourth-order valence-corrected chi connectivity index (χ4v) is 1.64. The number of carbonyl (C=O) groups excluding carboxylic acids is 1. The molecule has 0 spiro atoms. The Morgan fingerprint density at radius 1 is 1.19 bits per heavy atom. The summed E-state index contributed by atoms with van der Waals surface area (Å²) in [4.78, 5) is 11.6. The van der Waals surface area contributed by atoms with Gasteiger partial charge in [-0.25, -0.2) is 0 Å². The summed E-state index contributed by atoms with van der Waals surface area (Å²) in [6.45, 7) is 7.87. The first kappa shape index (κ1) is 12.7. The predicted octanol–water partition coefficient (Wildman–Crippen LogP) is 3.85. The lowest BCUT2D eigenvalue weighted by molar-refractivity contribution is -0.119.